The molecule has 3 rings (SSSR count). The molecule has 2 aromatic rings. The molecule has 1 saturated heterocycles. The Morgan fingerprint density at radius 2 is 2.27 bits per heavy atom. The molecule has 1 unspecified atom stereocenters. The molecular formula is C16H19ClN4O3S2. The first-order valence-corrected chi connectivity index (χ1v) is 9.57. The highest BCUT2D eigenvalue weighted by Crippen LogP contribution is 2.37. The van der Waals surface area contributed by atoms with Gasteiger partial charge in [-0.1, -0.05) is 11.8 Å². The average Bonchev–Trinajstić information content (AvgIpc) is 2.99. The van der Waals surface area contributed by atoms with Crippen molar-refractivity contribution in [3.8, 4) is 0 Å². The summed E-state index contributed by atoms with van der Waals surface area (Å²) in [5.74, 6) is -0.208. The highest BCUT2D eigenvalue weighted by molar-refractivity contribution is 8.01. The smallest absolute Gasteiger partial charge is 0.284 e. The van der Waals surface area contributed by atoms with Gasteiger partial charge in [0.2, 0.25) is 0 Å². The normalized spacial score (nSPS) is 16.8. The van der Waals surface area contributed by atoms with Crippen molar-refractivity contribution in [2.24, 2.45) is 5.73 Å². The second-order valence-corrected chi connectivity index (χ2v) is 8.10. The van der Waals surface area contributed by atoms with E-state index < -0.39 is 4.92 Å². The number of benzene rings is 1. The van der Waals surface area contributed by atoms with Crippen molar-refractivity contribution >= 4 is 47.1 Å². The Hall–Kier alpha value is -1.68. The molecule has 10 heteroatoms. The quantitative estimate of drug-likeness (QED) is 0.606. The van der Waals surface area contributed by atoms with Crippen LogP contribution in [0.4, 0.5) is 5.69 Å². The van der Waals surface area contributed by atoms with E-state index in [1.807, 2.05) is 12.3 Å². The molecule has 0 radical (unpaired) electrons. The molecule has 7 nitrogen and oxygen atoms in total. The van der Waals surface area contributed by atoms with Crippen LogP contribution in [0.2, 0.25) is 0 Å². The third-order valence-electron chi connectivity index (χ3n) is 3.94. The number of aromatic nitrogens is 1. The third-order valence-corrected chi connectivity index (χ3v) is 6.06. The van der Waals surface area contributed by atoms with Crippen LogP contribution >= 0.6 is 35.5 Å². The Balaban J connectivity index is 0.00000243. The van der Waals surface area contributed by atoms with Crippen LogP contribution in [-0.2, 0) is 0 Å². The van der Waals surface area contributed by atoms with E-state index in [1.54, 1.807) is 17.0 Å². The van der Waals surface area contributed by atoms with Gasteiger partial charge in [-0.3, -0.25) is 14.9 Å². The lowest BCUT2D eigenvalue weighted by atomic mass is 10.1. The standard InChI is InChI=1S/C16H18N4O3S2.ClH/c1-10-9-24-16(18-10)25-14-5-4-11(7-13(14)20(22)23)15(21)19-6-2-3-12(17)8-19;/h4-5,7,9,12H,2-3,6,8,17H2,1H3;1H. The van der Waals surface area contributed by atoms with E-state index in [0.29, 0.717) is 23.5 Å². The fourth-order valence-corrected chi connectivity index (χ4v) is 4.61. The fourth-order valence-electron chi connectivity index (χ4n) is 2.73. The van der Waals surface area contributed by atoms with E-state index in [-0.39, 0.29) is 30.0 Å². The number of hydrogen-bond donors (Lipinski definition) is 1. The molecule has 0 spiro atoms. The topological polar surface area (TPSA) is 102 Å². The van der Waals surface area contributed by atoms with Crippen molar-refractivity contribution in [1.82, 2.24) is 9.88 Å². The summed E-state index contributed by atoms with van der Waals surface area (Å²) in [6.07, 6.45) is 1.75. The highest BCUT2D eigenvalue weighted by Gasteiger charge is 2.25. The SMILES string of the molecule is Cc1csc(Sc2ccc(C(=O)N3CCCC(N)C3)cc2[N+](=O)[O-])n1.Cl. The van der Waals surface area contributed by atoms with Gasteiger partial charge in [-0.05, 0) is 31.9 Å². The molecule has 2 heterocycles. The average molecular weight is 415 g/mol. The third kappa shape index (κ3) is 4.73. The van der Waals surface area contributed by atoms with Gasteiger partial charge < -0.3 is 10.6 Å². The van der Waals surface area contributed by atoms with Gasteiger partial charge in [-0.25, -0.2) is 4.98 Å². The minimum absolute atomic E-state index is 0. The molecule has 1 aliphatic heterocycles. The monoisotopic (exact) mass is 414 g/mol. The Bertz CT molecular complexity index is 815. The molecule has 1 atom stereocenters. The first-order valence-electron chi connectivity index (χ1n) is 7.87. The summed E-state index contributed by atoms with van der Waals surface area (Å²) in [4.78, 5) is 30.1. The maximum atomic E-state index is 12.6. The fraction of sp³-hybridized carbons (Fsp3) is 0.375. The number of halogens is 1. The molecule has 1 fully saturated rings. The van der Waals surface area contributed by atoms with Gasteiger partial charge in [0.1, 0.15) is 0 Å². The summed E-state index contributed by atoms with van der Waals surface area (Å²) < 4.78 is 0.738. The summed E-state index contributed by atoms with van der Waals surface area (Å²) in [7, 11) is 0. The predicted octanol–water partition coefficient (Wildman–Crippen LogP) is 3.50. The van der Waals surface area contributed by atoms with Crippen LogP contribution in [0.25, 0.3) is 0 Å². The van der Waals surface area contributed by atoms with Crippen LogP contribution in [-0.4, -0.2) is 39.8 Å². The Kier molecular flexibility index (Phi) is 6.99. The number of thiazole rings is 1. The Labute approximate surface area is 165 Å². The second kappa shape index (κ2) is 8.81. The number of nitro benzene ring substituents is 1. The molecule has 26 heavy (non-hydrogen) atoms. The maximum Gasteiger partial charge on any atom is 0.284 e. The zero-order valence-electron chi connectivity index (χ0n) is 14.1. The zero-order valence-corrected chi connectivity index (χ0v) is 16.5. The molecular weight excluding hydrogens is 396 g/mol. The van der Waals surface area contributed by atoms with Crippen molar-refractivity contribution < 1.29 is 9.72 Å². The van der Waals surface area contributed by atoms with Crippen LogP contribution in [0, 0.1) is 17.0 Å². The predicted molar refractivity (Wildman–Crippen MR) is 104 cm³/mol. The lowest BCUT2D eigenvalue weighted by Crippen LogP contribution is -2.45. The lowest BCUT2D eigenvalue weighted by molar-refractivity contribution is -0.387. The number of rotatable bonds is 4. The summed E-state index contributed by atoms with van der Waals surface area (Å²) in [5, 5.41) is 13.3. The van der Waals surface area contributed by atoms with Crippen molar-refractivity contribution in [3.05, 3.63) is 45.0 Å². The van der Waals surface area contributed by atoms with Crippen molar-refractivity contribution in [2.45, 2.75) is 35.0 Å². The second-order valence-electron chi connectivity index (χ2n) is 5.95. The van der Waals surface area contributed by atoms with Crippen LogP contribution in [0.3, 0.4) is 0 Å². The Morgan fingerprint density at radius 1 is 1.50 bits per heavy atom. The first kappa shape index (κ1) is 20.6. The van der Waals surface area contributed by atoms with Gasteiger partial charge >= 0.3 is 0 Å². The summed E-state index contributed by atoms with van der Waals surface area (Å²) >= 11 is 2.68. The van der Waals surface area contributed by atoms with E-state index in [0.717, 1.165) is 22.9 Å². The van der Waals surface area contributed by atoms with Crippen molar-refractivity contribution in [3.63, 3.8) is 0 Å². The number of amides is 1. The van der Waals surface area contributed by atoms with Crippen LogP contribution in [0.5, 0.6) is 0 Å². The molecule has 0 bridgehead atoms. The van der Waals surface area contributed by atoms with E-state index >= 15 is 0 Å². The molecule has 140 valence electrons. The van der Waals surface area contributed by atoms with E-state index in [4.69, 9.17) is 5.73 Å². The maximum absolute atomic E-state index is 12.6. The van der Waals surface area contributed by atoms with E-state index in [2.05, 4.69) is 4.98 Å². The van der Waals surface area contributed by atoms with Crippen molar-refractivity contribution in [2.75, 3.05) is 13.1 Å². The number of nitro groups is 1. The molecule has 2 N–H and O–H groups in total. The minimum atomic E-state index is -0.457. The van der Waals surface area contributed by atoms with Gasteiger partial charge in [0.25, 0.3) is 11.6 Å². The number of likely N-dealkylation sites (tertiary alicyclic amines) is 1. The molecule has 1 amide bonds. The van der Waals surface area contributed by atoms with Crippen LogP contribution < -0.4 is 5.73 Å². The van der Waals surface area contributed by atoms with Crippen LogP contribution in [0.15, 0.2) is 32.8 Å². The minimum Gasteiger partial charge on any atom is -0.337 e. The number of hydrogen-bond acceptors (Lipinski definition) is 7. The van der Waals surface area contributed by atoms with Gasteiger partial charge in [0.15, 0.2) is 4.34 Å². The van der Waals surface area contributed by atoms with Gasteiger partial charge in [0.05, 0.1) is 9.82 Å². The summed E-state index contributed by atoms with van der Waals surface area (Å²) in [6, 6.07) is 4.58. The van der Waals surface area contributed by atoms with E-state index in [9.17, 15) is 14.9 Å². The molecule has 1 aromatic carbocycles. The van der Waals surface area contributed by atoms with Gasteiger partial charge in [-0.15, -0.1) is 23.7 Å². The number of piperidine rings is 1. The summed E-state index contributed by atoms with van der Waals surface area (Å²) in [6.45, 7) is 3.00. The lowest BCUT2D eigenvalue weighted by Gasteiger charge is -2.30. The molecule has 1 aromatic heterocycles. The number of nitrogens with zero attached hydrogens (tertiary/aromatic N) is 3. The number of aryl methyl sites for hydroxylation is 1. The van der Waals surface area contributed by atoms with E-state index in [1.165, 1.54) is 29.2 Å². The molecule has 0 saturated carbocycles. The van der Waals surface area contributed by atoms with Gasteiger partial charge in [0, 0.05) is 41.8 Å². The number of carbonyl (C=O) groups excluding carboxylic acids is 1. The van der Waals surface area contributed by atoms with Gasteiger partial charge in [-0.2, -0.15) is 0 Å². The molecule has 0 aliphatic carbocycles. The first-order chi connectivity index (χ1) is 11.9. The Morgan fingerprint density at radius 3 is 2.88 bits per heavy atom. The number of carbonyl (C=O) groups is 1. The summed E-state index contributed by atoms with van der Waals surface area (Å²) in [5.41, 5.74) is 7.04. The van der Waals surface area contributed by atoms with Crippen molar-refractivity contribution in [1.29, 1.82) is 0 Å². The number of nitrogens with two attached hydrogens (primary N) is 1. The van der Waals surface area contributed by atoms with Crippen LogP contribution in [0.1, 0.15) is 28.9 Å². The zero-order chi connectivity index (χ0) is 18.0. The largest absolute Gasteiger partial charge is 0.337 e. The highest BCUT2D eigenvalue weighted by atomic mass is 35.5. The molecule has 1 aliphatic rings.